The molecule has 19 heavy (non-hydrogen) atoms. The third kappa shape index (κ3) is 6.07. The Balaban J connectivity index is 2.50. The quantitative estimate of drug-likeness (QED) is 0.813. The fourth-order valence-corrected chi connectivity index (χ4v) is 2.87. The Morgan fingerprint density at radius 2 is 2.00 bits per heavy atom. The molecule has 0 bridgehead atoms. The number of nitrogens with zero attached hydrogens (tertiary/aromatic N) is 1. The summed E-state index contributed by atoms with van der Waals surface area (Å²) >= 11 is 1.86. The number of nitrogens with one attached hydrogen (secondary N) is 1. The van der Waals surface area contributed by atoms with Crippen LogP contribution in [0, 0.1) is 5.92 Å². The predicted molar refractivity (Wildman–Crippen MR) is 86.8 cm³/mol. The van der Waals surface area contributed by atoms with E-state index in [2.05, 4.69) is 69.3 Å². The van der Waals surface area contributed by atoms with Gasteiger partial charge in [0.1, 0.15) is 0 Å². The summed E-state index contributed by atoms with van der Waals surface area (Å²) in [4.78, 5) is 4.03. The number of thiophene rings is 1. The minimum absolute atomic E-state index is 0.207. The van der Waals surface area contributed by atoms with E-state index >= 15 is 0 Å². The minimum atomic E-state index is 0.207. The average molecular weight is 282 g/mol. The highest BCUT2D eigenvalue weighted by atomic mass is 32.1. The molecule has 0 spiro atoms. The molecule has 2 unspecified atom stereocenters. The molecule has 1 N–H and O–H groups in total. The van der Waals surface area contributed by atoms with Gasteiger partial charge in [0, 0.05) is 23.0 Å². The highest BCUT2D eigenvalue weighted by Gasteiger charge is 2.21. The molecule has 0 saturated carbocycles. The summed E-state index contributed by atoms with van der Waals surface area (Å²) < 4.78 is 0. The Morgan fingerprint density at radius 1 is 1.32 bits per heavy atom. The van der Waals surface area contributed by atoms with E-state index < -0.39 is 0 Å². The van der Waals surface area contributed by atoms with Gasteiger partial charge in [-0.05, 0) is 58.1 Å². The fourth-order valence-electron chi connectivity index (χ4n) is 2.14. The van der Waals surface area contributed by atoms with Crippen molar-refractivity contribution in [2.75, 3.05) is 13.1 Å². The Kier molecular flexibility index (Phi) is 6.51. The van der Waals surface area contributed by atoms with E-state index in [1.165, 1.54) is 4.88 Å². The van der Waals surface area contributed by atoms with Gasteiger partial charge in [-0.15, -0.1) is 11.3 Å². The van der Waals surface area contributed by atoms with Gasteiger partial charge in [-0.2, -0.15) is 0 Å². The van der Waals surface area contributed by atoms with Gasteiger partial charge in [-0.1, -0.05) is 19.9 Å². The summed E-state index contributed by atoms with van der Waals surface area (Å²) in [6.45, 7) is 16.9. The van der Waals surface area contributed by atoms with E-state index in [1.807, 2.05) is 11.3 Å². The molecule has 0 aliphatic carbocycles. The molecule has 3 heteroatoms. The molecule has 0 amide bonds. The minimum Gasteiger partial charge on any atom is -0.312 e. The zero-order chi connectivity index (χ0) is 14.5. The summed E-state index contributed by atoms with van der Waals surface area (Å²) in [5.41, 5.74) is 0.207. The Bertz CT molecular complexity index is 340. The molecule has 0 aromatic carbocycles. The Morgan fingerprint density at radius 3 is 2.47 bits per heavy atom. The van der Waals surface area contributed by atoms with Crippen LogP contribution in [-0.2, 0) is 6.54 Å². The van der Waals surface area contributed by atoms with Gasteiger partial charge in [0.15, 0.2) is 0 Å². The van der Waals surface area contributed by atoms with E-state index in [9.17, 15) is 0 Å². The van der Waals surface area contributed by atoms with Crippen molar-refractivity contribution in [1.82, 2.24) is 10.2 Å². The van der Waals surface area contributed by atoms with Crippen LogP contribution in [0.2, 0.25) is 0 Å². The lowest BCUT2D eigenvalue weighted by atomic mass is 9.99. The lowest BCUT2D eigenvalue weighted by Crippen LogP contribution is -2.45. The standard InChI is InChI=1S/C16H30N2S/c1-7-18(12-15-9-8-10-19-15)14(3)13(2)11-17-16(4,5)6/h8-10,13-14,17H,7,11-12H2,1-6H3. The molecular formula is C16H30N2S. The Hall–Kier alpha value is -0.380. The van der Waals surface area contributed by atoms with Crippen molar-refractivity contribution in [2.45, 2.75) is 59.7 Å². The predicted octanol–water partition coefficient (Wildman–Crippen LogP) is 3.98. The van der Waals surface area contributed by atoms with Crippen LogP contribution in [-0.4, -0.2) is 29.6 Å². The normalized spacial score (nSPS) is 15.7. The molecule has 0 radical (unpaired) electrons. The first-order valence-electron chi connectivity index (χ1n) is 7.35. The zero-order valence-corrected chi connectivity index (χ0v) is 14.2. The highest BCUT2D eigenvalue weighted by Crippen LogP contribution is 2.17. The van der Waals surface area contributed by atoms with Crippen LogP contribution in [0.5, 0.6) is 0 Å². The van der Waals surface area contributed by atoms with Crippen molar-refractivity contribution in [1.29, 1.82) is 0 Å². The molecule has 1 aromatic rings. The number of hydrogen-bond donors (Lipinski definition) is 1. The average Bonchev–Trinajstić information content (AvgIpc) is 2.84. The van der Waals surface area contributed by atoms with E-state index in [1.54, 1.807) is 0 Å². The van der Waals surface area contributed by atoms with Crippen LogP contribution < -0.4 is 5.32 Å². The van der Waals surface area contributed by atoms with E-state index in [0.29, 0.717) is 12.0 Å². The van der Waals surface area contributed by atoms with Gasteiger partial charge in [0.2, 0.25) is 0 Å². The molecule has 0 aliphatic heterocycles. The van der Waals surface area contributed by atoms with Crippen LogP contribution in [0.15, 0.2) is 17.5 Å². The Labute approximate surface area is 123 Å². The van der Waals surface area contributed by atoms with Crippen LogP contribution >= 0.6 is 11.3 Å². The maximum atomic E-state index is 3.62. The molecule has 0 saturated heterocycles. The SMILES string of the molecule is CCN(Cc1cccs1)C(C)C(C)CNC(C)(C)C. The molecule has 1 heterocycles. The smallest absolute Gasteiger partial charge is 0.0330 e. The number of rotatable bonds is 7. The number of hydrogen-bond acceptors (Lipinski definition) is 3. The van der Waals surface area contributed by atoms with E-state index in [0.717, 1.165) is 19.6 Å². The molecule has 110 valence electrons. The summed E-state index contributed by atoms with van der Waals surface area (Å²) in [5, 5.41) is 5.78. The maximum Gasteiger partial charge on any atom is 0.0330 e. The molecule has 1 aromatic heterocycles. The van der Waals surface area contributed by atoms with Crippen LogP contribution in [0.25, 0.3) is 0 Å². The molecule has 1 rings (SSSR count). The summed E-state index contributed by atoms with van der Waals surface area (Å²) in [6.07, 6.45) is 0. The topological polar surface area (TPSA) is 15.3 Å². The van der Waals surface area contributed by atoms with Crippen LogP contribution in [0.1, 0.15) is 46.4 Å². The van der Waals surface area contributed by atoms with Crippen LogP contribution in [0.4, 0.5) is 0 Å². The zero-order valence-electron chi connectivity index (χ0n) is 13.4. The van der Waals surface area contributed by atoms with Crippen molar-refractivity contribution in [3.8, 4) is 0 Å². The third-order valence-corrected chi connectivity index (χ3v) is 4.56. The highest BCUT2D eigenvalue weighted by molar-refractivity contribution is 7.09. The summed E-state index contributed by atoms with van der Waals surface area (Å²) in [7, 11) is 0. The van der Waals surface area contributed by atoms with Crippen molar-refractivity contribution in [3.63, 3.8) is 0 Å². The molecule has 0 aliphatic rings. The van der Waals surface area contributed by atoms with Crippen molar-refractivity contribution < 1.29 is 0 Å². The summed E-state index contributed by atoms with van der Waals surface area (Å²) in [6, 6.07) is 4.98. The fraction of sp³-hybridized carbons (Fsp3) is 0.750. The summed E-state index contributed by atoms with van der Waals surface area (Å²) in [5.74, 6) is 0.652. The lowest BCUT2D eigenvalue weighted by molar-refractivity contribution is 0.156. The second-order valence-electron chi connectivity index (χ2n) is 6.49. The first-order chi connectivity index (χ1) is 8.83. The molecule has 2 atom stereocenters. The van der Waals surface area contributed by atoms with Crippen LogP contribution in [0.3, 0.4) is 0 Å². The van der Waals surface area contributed by atoms with Crippen molar-refractivity contribution in [3.05, 3.63) is 22.4 Å². The van der Waals surface area contributed by atoms with E-state index in [-0.39, 0.29) is 5.54 Å². The van der Waals surface area contributed by atoms with Gasteiger partial charge in [-0.3, -0.25) is 4.90 Å². The van der Waals surface area contributed by atoms with Crippen molar-refractivity contribution in [2.24, 2.45) is 5.92 Å². The second-order valence-corrected chi connectivity index (χ2v) is 7.52. The van der Waals surface area contributed by atoms with Crippen molar-refractivity contribution >= 4 is 11.3 Å². The third-order valence-electron chi connectivity index (χ3n) is 3.70. The van der Waals surface area contributed by atoms with Gasteiger partial charge in [-0.25, -0.2) is 0 Å². The molecule has 0 fully saturated rings. The van der Waals surface area contributed by atoms with Gasteiger partial charge in [0.05, 0.1) is 0 Å². The largest absolute Gasteiger partial charge is 0.312 e. The first-order valence-corrected chi connectivity index (χ1v) is 8.23. The second kappa shape index (κ2) is 7.41. The first kappa shape index (κ1) is 16.7. The maximum absolute atomic E-state index is 3.62. The lowest BCUT2D eigenvalue weighted by Gasteiger charge is -2.34. The van der Waals surface area contributed by atoms with Gasteiger partial charge in [0.25, 0.3) is 0 Å². The molecule has 2 nitrogen and oxygen atoms in total. The monoisotopic (exact) mass is 282 g/mol. The van der Waals surface area contributed by atoms with Gasteiger partial charge >= 0.3 is 0 Å². The molecular weight excluding hydrogens is 252 g/mol. The van der Waals surface area contributed by atoms with Gasteiger partial charge < -0.3 is 5.32 Å². The van der Waals surface area contributed by atoms with E-state index in [4.69, 9.17) is 0 Å².